The fourth-order valence-corrected chi connectivity index (χ4v) is 2.88. The van der Waals surface area contributed by atoms with E-state index in [2.05, 4.69) is 23.2 Å². The zero-order chi connectivity index (χ0) is 18.5. The van der Waals surface area contributed by atoms with Crippen molar-refractivity contribution >= 4 is 23.0 Å². The van der Waals surface area contributed by atoms with Crippen molar-refractivity contribution in [3.05, 3.63) is 59.3 Å². The zero-order valence-electron chi connectivity index (χ0n) is 14.5. The number of methoxy groups -OCH3 is 1. The third kappa shape index (κ3) is 3.11. The number of aryl methyl sites for hydroxylation is 1. The number of carbonyl (C=O) groups is 1. The molecule has 2 aromatic carbocycles. The van der Waals surface area contributed by atoms with Gasteiger partial charge in [0.05, 0.1) is 18.2 Å². The monoisotopic (exact) mass is 343 g/mol. The average molecular weight is 343 g/mol. The molecule has 3 aromatic rings. The van der Waals surface area contributed by atoms with E-state index in [0.29, 0.717) is 29.9 Å². The second-order valence-electron chi connectivity index (χ2n) is 5.55. The molecule has 5 nitrogen and oxygen atoms in total. The number of amides is 1. The molecule has 0 fully saturated rings. The van der Waals surface area contributed by atoms with Crippen molar-refractivity contribution in [3.8, 4) is 23.7 Å². The Morgan fingerprint density at radius 3 is 2.58 bits per heavy atom. The molecule has 0 radical (unpaired) electrons. The first-order valence-electron chi connectivity index (χ1n) is 8.14. The number of nitrogens with zero attached hydrogens (tertiary/aromatic N) is 2. The van der Waals surface area contributed by atoms with Gasteiger partial charge in [-0.05, 0) is 49.2 Å². The van der Waals surface area contributed by atoms with Gasteiger partial charge in [-0.2, -0.15) is 5.26 Å². The second-order valence-corrected chi connectivity index (χ2v) is 5.55. The first-order valence-corrected chi connectivity index (χ1v) is 8.14. The van der Waals surface area contributed by atoms with E-state index in [9.17, 15) is 10.1 Å². The minimum absolute atomic E-state index is 0.566. The molecule has 0 atom stereocenters. The lowest BCUT2D eigenvalue weighted by Gasteiger charge is -2.04. The number of benzene rings is 2. The van der Waals surface area contributed by atoms with Crippen molar-refractivity contribution in [1.29, 1.82) is 5.26 Å². The Balaban J connectivity index is 2.10. The lowest BCUT2D eigenvalue weighted by Crippen LogP contribution is -1.98. The van der Waals surface area contributed by atoms with Crippen molar-refractivity contribution in [3.63, 3.8) is 0 Å². The largest absolute Gasteiger partial charge is 0.497 e. The molecule has 1 aromatic heterocycles. The lowest BCUT2D eigenvalue weighted by atomic mass is 10.1. The van der Waals surface area contributed by atoms with Gasteiger partial charge in [0.1, 0.15) is 17.5 Å². The maximum atomic E-state index is 10.5. The fraction of sp³-hybridized carbons (Fsp3) is 0.143. The van der Waals surface area contributed by atoms with Crippen molar-refractivity contribution < 1.29 is 9.53 Å². The maximum Gasteiger partial charge on any atom is 0.211 e. The van der Waals surface area contributed by atoms with Crippen LogP contribution in [0.2, 0.25) is 0 Å². The van der Waals surface area contributed by atoms with Crippen LogP contribution >= 0.6 is 0 Å². The molecule has 0 saturated heterocycles. The van der Waals surface area contributed by atoms with Crippen LogP contribution in [0, 0.1) is 23.2 Å². The minimum Gasteiger partial charge on any atom is -0.497 e. The van der Waals surface area contributed by atoms with Crippen LogP contribution in [0.15, 0.2) is 42.5 Å². The van der Waals surface area contributed by atoms with E-state index in [1.807, 2.05) is 41.8 Å². The number of aromatic nitrogens is 1. The molecule has 0 saturated carbocycles. The molecule has 128 valence electrons. The van der Waals surface area contributed by atoms with Crippen LogP contribution in [0.25, 0.3) is 10.9 Å². The van der Waals surface area contributed by atoms with Gasteiger partial charge >= 0.3 is 0 Å². The van der Waals surface area contributed by atoms with Crippen molar-refractivity contribution in [1.82, 2.24) is 4.57 Å². The second kappa shape index (κ2) is 7.46. The molecular weight excluding hydrogens is 326 g/mol. The molecule has 26 heavy (non-hydrogen) atoms. The number of nitrogens with one attached hydrogen (secondary N) is 1. The summed E-state index contributed by atoms with van der Waals surface area (Å²) in [5.41, 5.74) is 3.69. The standard InChI is InChI=1S/C21H17N3O2/c1-3-24-20(11-6-15-4-7-16(8-5-15)23-14-25)19(13-22)18-10-9-17(26-2)12-21(18)24/h4-5,7-10,12,14H,3H2,1-2H3,(H,23,25). The number of hydrogen-bond donors (Lipinski definition) is 1. The molecule has 0 unspecified atom stereocenters. The van der Waals surface area contributed by atoms with Gasteiger partial charge < -0.3 is 14.6 Å². The van der Waals surface area contributed by atoms with Gasteiger partial charge in [0.2, 0.25) is 6.41 Å². The normalized spacial score (nSPS) is 9.88. The quantitative estimate of drug-likeness (QED) is 0.582. The molecular formula is C21H17N3O2. The number of rotatable bonds is 4. The van der Waals surface area contributed by atoms with Crippen LogP contribution in [0.1, 0.15) is 23.7 Å². The fourth-order valence-electron chi connectivity index (χ4n) is 2.88. The molecule has 1 heterocycles. The van der Waals surface area contributed by atoms with Crippen molar-refractivity contribution in [2.45, 2.75) is 13.5 Å². The first kappa shape index (κ1) is 17.1. The lowest BCUT2D eigenvalue weighted by molar-refractivity contribution is -0.105. The van der Waals surface area contributed by atoms with Gasteiger partial charge in [-0.3, -0.25) is 4.79 Å². The highest BCUT2D eigenvalue weighted by molar-refractivity contribution is 5.90. The first-order chi connectivity index (χ1) is 12.7. The molecule has 3 rings (SSSR count). The molecule has 1 N–H and O–H groups in total. The average Bonchev–Trinajstić information content (AvgIpc) is 2.99. The van der Waals surface area contributed by atoms with Crippen LogP contribution in [-0.2, 0) is 11.3 Å². The Labute approximate surface area is 151 Å². The highest BCUT2D eigenvalue weighted by Crippen LogP contribution is 2.28. The predicted octanol–water partition coefficient (Wildman–Crippen LogP) is 3.51. The van der Waals surface area contributed by atoms with Gasteiger partial charge in [-0.25, -0.2) is 0 Å². The summed E-state index contributed by atoms with van der Waals surface area (Å²) in [5, 5.41) is 13.1. The van der Waals surface area contributed by atoms with E-state index in [1.165, 1.54) is 0 Å². The van der Waals surface area contributed by atoms with Gasteiger partial charge in [-0.1, -0.05) is 5.92 Å². The maximum absolute atomic E-state index is 10.5. The Morgan fingerprint density at radius 2 is 1.96 bits per heavy atom. The van der Waals surface area contributed by atoms with E-state index < -0.39 is 0 Å². The van der Waals surface area contributed by atoms with Crippen LogP contribution in [-0.4, -0.2) is 18.1 Å². The van der Waals surface area contributed by atoms with Crippen LogP contribution in [0.3, 0.4) is 0 Å². The van der Waals surface area contributed by atoms with Crippen LogP contribution in [0.5, 0.6) is 5.75 Å². The zero-order valence-corrected chi connectivity index (χ0v) is 14.5. The van der Waals surface area contributed by atoms with Gasteiger partial charge in [0.15, 0.2) is 0 Å². The summed E-state index contributed by atoms with van der Waals surface area (Å²) in [7, 11) is 1.62. The Hall–Kier alpha value is -3.70. The smallest absolute Gasteiger partial charge is 0.211 e. The number of fused-ring (bicyclic) bond motifs is 1. The summed E-state index contributed by atoms with van der Waals surface area (Å²) in [4.78, 5) is 10.5. The van der Waals surface area contributed by atoms with E-state index in [1.54, 1.807) is 19.2 Å². The van der Waals surface area contributed by atoms with Crippen molar-refractivity contribution in [2.75, 3.05) is 12.4 Å². The molecule has 0 bridgehead atoms. The topological polar surface area (TPSA) is 67.0 Å². The third-order valence-electron chi connectivity index (χ3n) is 4.14. The molecule has 0 aliphatic heterocycles. The summed E-state index contributed by atoms with van der Waals surface area (Å²) in [6.07, 6.45) is 0.633. The number of carbonyl (C=O) groups excluding carboxylic acids is 1. The summed E-state index contributed by atoms with van der Waals surface area (Å²) in [6.45, 7) is 2.71. The Morgan fingerprint density at radius 1 is 1.19 bits per heavy atom. The summed E-state index contributed by atoms with van der Waals surface area (Å²) in [5.74, 6) is 6.98. The Kier molecular flexibility index (Phi) is 4.92. The van der Waals surface area contributed by atoms with E-state index in [4.69, 9.17) is 4.74 Å². The van der Waals surface area contributed by atoms with Crippen LogP contribution in [0.4, 0.5) is 5.69 Å². The highest BCUT2D eigenvalue weighted by atomic mass is 16.5. The third-order valence-corrected chi connectivity index (χ3v) is 4.14. The minimum atomic E-state index is 0.566. The van der Waals surface area contributed by atoms with Crippen LogP contribution < -0.4 is 10.1 Å². The van der Waals surface area contributed by atoms with E-state index in [-0.39, 0.29) is 0 Å². The molecule has 1 amide bonds. The molecule has 0 aliphatic rings. The van der Waals surface area contributed by atoms with Gasteiger partial charge in [-0.15, -0.1) is 0 Å². The number of nitriles is 1. The number of hydrogen-bond acceptors (Lipinski definition) is 3. The SMILES string of the molecule is CCn1c(C#Cc2ccc(NC=O)cc2)c(C#N)c2ccc(OC)cc21. The molecule has 0 spiro atoms. The number of anilines is 1. The molecule has 0 aliphatic carbocycles. The van der Waals surface area contributed by atoms with Gasteiger partial charge in [0.25, 0.3) is 0 Å². The summed E-state index contributed by atoms with van der Waals surface area (Å²) in [6, 6.07) is 15.2. The van der Waals surface area contributed by atoms with E-state index >= 15 is 0 Å². The number of ether oxygens (including phenoxy) is 1. The van der Waals surface area contributed by atoms with Gasteiger partial charge in [0, 0.05) is 29.2 Å². The highest BCUT2D eigenvalue weighted by Gasteiger charge is 2.15. The van der Waals surface area contributed by atoms with E-state index in [0.717, 1.165) is 22.2 Å². The Bertz CT molecular complexity index is 1060. The summed E-state index contributed by atoms with van der Waals surface area (Å²) < 4.78 is 7.32. The molecule has 5 heteroatoms. The summed E-state index contributed by atoms with van der Waals surface area (Å²) >= 11 is 0. The predicted molar refractivity (Wildman–Crippen MR) is 101 cm³/mol. The van der Waals surface area contributed by atoms with Crippen molar-refractivity contribution in [2.24, 2.45) is 0 Å².